The number of carbonyl (C=O) groups excluding carboxylic acids is 1. The molecule has 0 aromatic rings. The Kier molecular flexibility index (Phi) is 3.48. The van der Waals surface area contributed by atoms with Gasteiger partial charge in [-0.1, -0.05) is 13.8 Å². The average Bonchev–Trinajstić information content (AvgIpc) is 2.77. The Morgan fingerprint density at radius 3 is 2.55 bits per heavy atom. The Labute approximate surface area is 139 Å². The van der Waals surface area contributed by atoms with E-state index >= 15 is 0 Å². The van der Waals surface area contributed by atoms with E-state index in [2.05, 4.69) is 13.8 Å². The van der Waals surface area contributed by atoms with Crippen molar-refractivity contribution < 1.29 is 9.90 Å². The summed E-state index contributed by atoms with van der Waals surface area (Å²) in [5.41, 5.74) is 0.365. The number of aliphatic hydroxyl groups excluding tert-OH is 1. The van der Waals surface area contributed by atoms with E-state index in [9.17, 15) is 9.90 Å². The summed E-state index contributed by atoms with van der Waals surface area (Å²) in [4.78, 5) is 12.0. The summed E-state index contributed by atoms with van der Waals surface area (Å²) < 4.78 is 0. The molecule has 3 heteroatoms. The maximum absolute atomic E-state index is 12.0. The third-order valence-electron chi connectivity index (χ3n) is 8.41. The lowest BCUT2D eigenvalue weighted by Crippen LogP contribution is -2.57. The zero-order valence-corrected chi connectivity index (χ0v) is 14.6. The highest BCUT2D eigenvalue weighted by Crippen LogP contribution is 2.66. The Morgan fingerprint density at radius 1 is 1.05 bits per heavy atom. The van der Waals surface area contributed by atoms with Crippen LogP contribution < -0.4 is 0 Å². The Morgan fingerprint density at radius 2 is 1.77 bits per heavy atom. The van der Waals surface area contributed by atoms with Gasteiger partial charge in [-0.05, 0) is 73.0 Å². The van der Waals surface area contributed by atoms with E-state index in [-0.39, 0.29) is 22.3 Å². The number of fused-ring (bicyclic) bond motifs is 5. The molecule has 4 saturated carbocycles. The van der Waals surface area contributed by atoms with Crippen LogP contribution in [0.1, 0.15) is 65.2 Å². The third kappa shape index (κ3) is 1.92. The SMILES string of the molecule is C[C@]12CCC(=O)C[C@@H]1C(Cl)C[C@@H]1[C@@H]2CC[C@]2(C)[C@@H](O)CC[C@@H]12. The number of alkyl halides is 1. The number of Topliss-reactive ketones (excluding diaryl/α,β-unsaturated/α-hetero) is 1. The highest BCUT2D eigenvalue weighted by atomic mass is 35.5. The molecule has 0 radical (unpaired) electrons. The predicted molar refractivity (Wildman–Crippen MR) is 87.8 cm³/mol. The second kappa shape index (κ2) is 4.96. The Bertz CT molecular complexity index is 492. The summed E-state index contributed by atoms with van der Waals surface area (Å²) in [7, 11) is 0. The van der Waals surface area contributed by atoms with Gasteiger partial charge in [0.25, 0.3) is 0 Å². The maximum atomic E-state index is 12.0. The van der Waals surface area contributed by atoms with Crippen molar-refractivity contribution >= 4 is 17.4 Å². The number of carbonyl (C=O) groups is 1. The first-order valence-electron chi connectivity index (χ1n) is 9.20. The zero-order chi connectivity index (χ0) is 15.7. The van der Waals surface area contributed by atoms with Crippen LogP contribution in [0, 0.1) is 34.5 Å². The fraction of sp³-hybridized carbons (Fsp3) is 0.947. The molecule has 0 aromatic carbocycles. The van der Waals surface area contributed by atoms with Crippen LogP contribution in [0.15, 0.2) is 0 Å². The molecule has 4 fully saturated rings. The fourth-order valence-electron chi connectivity index (χ4n) is 7.01. The summed E-state index contributed by atoms with van der Waals surface area (Å²) in [6.07, 6.45) is 7.95. The second-order valence-electron chi connectivity index (χ2n) is 9.12. The highest BCUT2D eigenvalue weighted by Gasteiger charge is 2.61. The molecule has 1 N–H and O–H groups in total. The van der Waals surface area contributed by atoms with Crippen molar-refractivity contribution in [1.82, 2.24) is 0 Å². The van der Waals surface area contributed by atoms with Gasteiger partial charge in [0.2, 0.25) is 0 Å². The fourth-order valence-corrected chi connectivity index (χ4v) is 7.59. The predicted octanol–water partition coefficient (Wildman–Crippen LogP) is 4.18. The lowest BCUT2D eigenvalue weighted by Gasteiger charge is -2.61. The summed E-state index contributed by atoms with van der Waals surface area (Å²) in [5.74, 6) is 2.81. The minimum Gasteiger partial charge on any atom is -0.393 e. The molecule has 0 aliphatic heterocycles. The molecule has 4 rings (SSSR count). The molecule has 0 bridgehead atoms. The van der Waals surface area contributed by atoms with Gasteiger partial charge in [-0.2, -0.15) is 0 Å². The lowest BCUT2D eigenvalue weighted by molar-refractivity contribution is -0.141. The number of ketones is 1. The van der Waals surface area contributed by atoms with Crippen molar-refractivity contribution in [1.29, 1.82) is 0 Å². The molecule has 4 aliphatic rings. The van der Waals surface area contributed by atoms with Crippen LogP contribution in [0.5, 0.6) is 0 Å². The number of hydrogen-bond donors (Lipinski definition) is 1. The van der Waals surface area contributed by atoms with Crippen molar-refractivity contribution in [3.63, 3.8) is 0 Å². The first-order chi connectivity index (χ1) is 10.4. The van der Waals surface area contributed by atoms with Gasteiger partial charge >= 0.3 is 0 Å². The summed E-state index contributed by atoms with van der Waals surface area (Å²) >= 11 is 6.82. The van der Waals surface area contributed by atoms with E-state index in [0.29, 0.717) is 35.9 Å². The molecule has 8 atom stereocenters. The van der Waals surface area contributed by atoms with Crippen molar-refractivity contribution in [3.05, 3.63) is 0 Å². The van der Waals surface area contributed by atoms with Crippen LogP contribution in [-0.4, -0.2) is 22.4 Å². The van der Waals surface area contributed by atoms with Crippen LogP contribution in [-0.2, 0) is 4.79 Å². The molecular formula is C19H29ClO2. The minimum absolute atomic E-state index is 0.117. The molecule has 1 unspecified atom stereocenters. The van der Waals surface area contributed by atoms with Crippen LogP contribution in [0.25, 0.3) is 0 Å². The van der Waals surface area contributed by atoms with Gasteiger partial charge in [0.15, 0.2) is 0 Å². The van der Waals surface area contributed by atoms with E-state index in [1.807, 2.05) is 0 Å². The first-order valence-corrected chi connectivity index (χ1v) is 9.64. The molecular weight excluding hydrogens is 296 g/mol. The molecule has 22 heavy (non-hydrogen) atoms. The van der Waals surface area contributed by atoms with Crippen LogP contribution in [0.3, 0.4) is 0 Å². The Hall–Kier alpha value is -0.0800. The molecule has 0 aromatic heterocycles. The number of aliphatic hydroxyl groups is 1. The highest BCUT2D eigenvalue weighted by molar-refractivity contribution is 6.21. The van der Waals surface area contributed by atoms with Gasteiger partial charge in [-0.3, -0.25) is 4.79 Å². The quantitative estimate of drug-likeness (QED) is 0.679. The minimum atomic E-state index is -0.120. The van der Waals surface area contributed by atoms with Crippen LogP contribution >= 0.6 is 11.6 Å². The molecule has 4 aliphatic carbocycles. The lowest BCUT2D eigenvalue weighted by atomic mass is 9.45. The Balaban J connectivity index is 1.68. The van der Waals surface area contributed by atoms with Crippen molar-refractivity contribution in [2.45, 2.75) is 76.7 Å². The van der Waals surface area contributed by atoms with Crippen molar-refractivity contribution in [2.75, 3.05) is 0 Å². The second-order valence-corrected chi connectivity index (χ2v) is 9.68. The summed E-state index contributed by atoms with van der Waals surface area (Å²) in [6.45, 7) is 4.73. The molecule has 0 saturated heterocycles. The standard InChI is InChI=1S/C19H29ClO2/c1-18-7-5-11(21)9-15(18)16(20)10-12-13-3-4-17(22)19(13,2)8-6-14(12)18/h12-17,22H,3-10H2,1-2H3/t12-,13-,14-,15+,16?,17-,18+,19-/m0/s1. The molecule has 2 nitrogen and oxygen atoms in total. The van der Waals surface area contributed by atoms with E-state index in [1.165, 1.54) is 12.8 Å². The van der Waals surface area contributed by atoms with Gasteiger partial charge in [-0.15, -0.1) is 11.6 Å². The average molecular weight is 325 g/mol. The third-order valence-corrected chi connectivity index (χ3v) is 8.89. The topological polar surface area (TPSA) is 37.3 Å². The summed E-state index contributed by atoms with van der Waals surface area (Å²) in [6, 6.07) is 0. The van der Waals surface area contributed by atoms with Gasteiger partial charge < -0.3 is 5.11 Å². The van der Waals surface area contributed by atoms with Crippen molar-refractivity contribution in [3.8, 4) is 0 Å². The smallest absolute Gasteiger partial charge is 0.133 e. The normalized spacial score (nSPS) is 57.9. The van der Waals surface area contributed by atoms with Crippen LogP contribution in [0.4, 0.5) is 0 Å². The summed E-state index contributed by atoms with van der Waals surface area (Å²) in [5, 5.41) is 10.6. The van der Waals surface area contributed by atoms with Gasteiger partial charge in [0.05, 0.1) is 6.10 Å². The van der Waals surface area contributed by atoms with E-state index in [4.69, 9.17) is 11.6 Å². The van der Waals surface area contributed by atoms with Gasteiger partial charge in [0, 0.05) is 18.2 Å². The number of rotatable bonds is 0. The molecule has 124 valence electrons. The van der Waals surface area contributed by atoms with E-state index in [1.54, 1.807) is 0 Å². The largest absolute Gasteiger partial charge is 0.393 e. The molecule has 0 heterocycles. The molecule has 0 spiro atoms. The van der Waals surface area contributed by atoms with Gasteiger partial charge in [-0.25, -0.2) is 0 Å². The molecule has 0 amide bonds. The van der Waals surface area contributed by atoms with Gasteiger partial charge in [0.1, 0.15) is 5.78 Å². The monoisotopic (exact) mass is 324 g/mol. The van der Waals surface area contributed by atoms with Crippen molar-refractivity contribution in [2.24, 2.45) is 34.5 Å². The van der Waals surface area contributed by atoms with Crippen LogP contribution in [0.2, 0.25) is 0 Å². The number of halogens is 1. The zero-order valence-electron chi connectivity index (χ0n) is 13.9. The van der Waals surface area contributed by atoms with E-state index < -0.39 is 0 Å². The maximum Gasteiger partial charge on any atom is 0.133 e. The number of hydrogen-bond acceptors (Lipinski definition) is 2. The van der Waals surface area contributed by atoms with E-state index in [0.717, 1.165) is 32.1 Å². The first kappa shape index (κ1) is 15.4.